The van der Waals surface area contributed by atoms with Gasteiger partial charge in [0.1, 0.15) is 5.82 Å². The summed E-state index contributed by atoms with van der Waals surface area (Å²) in [6.45, 7) is 17.2. The average molecular weight is 807 g/mol. The second-order valence-electron chi connectivity index (χ2n) is 16.0. The third kappa shape index (κ3) is 6.65. The van der Waals surface area contributed by atoms with Crippen molar-refractivity contribution in [2.24, 2.45) is 0 Å². The predicted octanol–water partition coefficient (Wildman–Crippen LogP) is 17.0. The Morgan fingerprint density at radius 1 is 0.476 bits per heavy atom. The maximum absolute atomic E-state index is 5.18. The van der Waals surface area contributed by atoms with Gasteiger partial charge in [0.05, 0.1) is 11.0 Å². The lowest BCUT2D eigenvalue weighted by molar-refractivity contribution is 1.15. The summed E-state index contributed by atoms with van der Waals surface area (Å²) < 4.78 is 2.19. The molecule has 10 aromatic rings. The van der Waals surface area contributed by atoms with E-state index in [9.17, 15) is 0 Å². The molecule has 0 aliphatic heterocycles. The number of aromatic nitrogens is 2. The van der Waals surface area contributed by atoms with Crippen LogP contribution in [0.5, 0.6) is 0 Å². The first-order valence-corrected chi connectivity index (χ1v) is 21.5. The first-order chi connectivity index (χ1) is 31.0. The number of rotatable bonds is 10. The molecule has 0 aliphatic carbocycles. The number of benzene rings is 9. The third-order valence-corrected chi connectivity index (χ3v) is 12.3. The molecule has 0 fully saturated rings. The fraction of sp³-hybridized carbons (Fsp3) is 0.0328. The molecular formula is C61H46N2. The van der Waals surface area contributed by atoms with Gasteiger partial charge in [-0.05, 0) is 132 Å². The van der Waals surface area contributed by atoms with Crippen LogP contribution in [0.1, 0.15) is 23.6 Å². The van der Waals surface area contributed by atoms with Crippen molar-refractivity contribution in [1.29, 1.82) is 0 Å². The Bertz CT molecular complexity index is 3440. The van der Waals surface area contributed by atoms with Crippen LogP contribution in [-0.2, 0) is 0 Å². The lowest BCUT2D eigenvalue weighted by atomic mass is 9.82. The molecule has 0 radical (unpaired) electrons. The molecule has 0 amide bonds. The van der Waals surface area contributed by atoms with Gasteiger partial charge in [-0.25, -0.2) is 4.98 Å². The fourth-order valence-corrected chi connectivity index (χ4v) is 9.52. The minimum atomic E-state index is 0.851. The van der Waals surface area contributed by atoms with Crippen LogP contribution in [0.3, 0.4) is 0 Å². The second-order valence-corrected chi connectivity index (χ2v) is 16.0. The van der Waals surface area contributed by atoms with Crippen molar-refractivity contribution >= 4 is 61.2 Å². The Labute approximate surface area is 369 Å². The SMILES string of the molecule is C=C/C(=C\C=C/C)n1c(-c2cccc(-c3c(C=C)c(C=C)c(-c4ccc(-c5c6ccccc6c(-c6ccc(C)cc6)c6ccccc56)cc4)c4ccccc34)c2)nc2ccccc21. The molecule has 0 saturated carbocycles. The van der Waals surface area contributed by atoms with Crippen LogP contribution in [-0.4, -0.2) is 9.55 Å². The second kappa shape index (κ2) is 16.4. The Hall–Kier alpha value is -8.07. The van der Waals surface area contributed by atoms with Gasteiger partial charge in [0.15, 0.2) is 0 Å². The Kier molecular flexibility index (Phi) is 10.2. The molecule has 0 unspecified atom stereocenters. The van der Waals surface area contributed by atoms with E-state index in [1.165, 1.54) is 49.4 Å². The van der Waals surface area contributed by atoms with E-state index >= 15 is 0 Å². The Morgan fingerprint density at radius 3 is 1.43 bits per heavy atom. The number of aryl methyl sites for hydroxylation is 1. The lowest BCUT2D eigenvalue weighted by Gasteiger charge is -2.21. The average Bonchev–Trinajstić information content (AvgIpc) is 3.73. The lowest BCUT2D eigenvalue weighted by Crippen LogP contribution is -1.99. The standard InChI is InChI=1S/C61H46N2/c1-6-10-22-46(7-2)63-56-30-18-17-29-55(56)62-61(63)45-21-19-20-44(39-45)60-48(9-4)47(8-3)57(49-23-11-16-28-54(49)60)42-35-37-43(38-36-42)59-52-26-14-12-24-50(52)58(41-33-31-40(5)32-34-41)51-25-13-15-27-53(51)59/h6-39H,2-4H2,1,5H3/b10-6-,46-22+. The quantitative estimate of drug-likeness (QED) is 0.0994. The van der Waals surface area contributed by atoms with E-state index in [0.29, 0.717) is 0 Å². The summed E-state index contributed by atoms with van der Waals surface area (Å²) in [4.78, 5) is 5.18. The van der Waals surface area contributed by atoms with Gasteiger partial charge in [-0.1, -0.05) is 201 Å². The molecule has 0 bridgehead atoms. The summed E-state index contributed by atoms with van der Waals surface area (Å²) in [5, 5.41) is 7.27. The molecular weight excluding hydrogens is 761 g/mol. The summed E-state index contributed by atoms with van der Waals surface area (Å²) >= 11 is 0. The largest absolute Gasteiger partial charge is 0.292 e. The minimum absolute atomic E-state index is 0.851. The highest BCUT2D eigenvalue weighted by Crippen LogP contribution is 2.47. The predicted molar refractivity (Wildman–Crippen MR) is 274 cm³/mol. The molecule has 0 saturated heterocycles. The van der Waals surface area contributed by atoms with Gasteiger partial charge in [0.25, 0.3) is 0 Å². The van der Waals surface area contributed by atoms with Gasteiger partial charge in [-0.3, -0.25) is 4.57 Å². The number of imidazole rings is 1. The number of hydrogen-bond acceptors (Lipinski definition) is 1. The maximum atomic E-state index is 5.18. The van der Waals surface area contributed by atoms with E-state index in [2.05, 4.69) is 201 Å². The number of fused-ring (bicyclic) bond motifs is 4. The summed E-state index contributed by atoms with van der Waals surface area (Å²) in [6, 6.07) is 61.4. The van der Waals surface area contributed by atoms with Crippen molar-refractivity contribution in [1.82, 2.24) is 9.55 Å². The van der Waals surface area contributed by atoms with Gasteiger partial charge >= 0.3 is 0 Å². The summed E-state index contributed by atoms with van der Waals surface area (Å²) in [5.41, 5.74) is 16.6. The van der Waals surface area contributed by atoms with E-state index in [-0.39, 0.29) is 0 Å². The topological polar surface area (TPSA) is 17.8 Å². The highest BCUT2D eigenvalue weighted by molar-refractivity contribution is 6.21. The fourth-order valence-electron chi connectivity index (χ4n) is 9.52. The summed E-state index contributed by atoms with van der Waals surface area (Å²) in [5.74, 6) is 0.851. The molecule has 300 valence electrons. The van der Waals surface area contributed by atoms with Gasteiger partial charge in [-0.15, -0.1) is 0 Å². The smallest absolute Gasteiger partial charge is 0.145 e. The van der Waals surface area contributed by atoms with Crippen LogP contribution < -0.4 is 0 Å². The van der Waals surface area contributed by atoms with Gasteiger partial charge < -0.3 is 0 Å². The van der Waals surface area contributed by atoms with Crippen LogP contribution in [0.25, 0.3) is 117 Å². The first kappa shape index (κ1) is 39.1. The molecule has 10 rings (SSSR count). The molecule has 1 aromatic heterocycles. The Morgan fingerprint density at radius 2 is 0.921 bits per heavy atom. The van der Waals surface area contributed by atoms with Gasteiger partial charge in [0.2, 0.25) is 0 Å². The molecule has 2 nitrogen and oxygen atoms in total. The molecule has 0 spiro atoms. The molecule has 1 heterocycles. The highest BCUT2D eigenvalue weighted by atomic mass is 15.1. The summed E-state index contributed by atoms with van der Waals surface area (Å²) in [6.07, 6.45) is 12.0. The van der Waals surface area contributed by atoms with Crippen molar-refractivity contribution in [2.45, 2.75) is 13.8 Å². The van der Waals surface area contributed by atoms with E-state index in [1.807, 2.05) is 43.4 Å². The summed E-state index contributed by atoms with van der Waals surface area (Å²) in [7, 11) is 0. The Balaban J connectivity index is 1.14. The molecule has 0 aliphatic rings. The molecule has 0 atom stereocenters. The third-order valence-electron chi connectivity index (χ3n) is 12.3. The van der Waals surface area contributed by atoms with Crippen molar-refractivity contribution in [2.75, 3.05) is 0 Å². The van der Waals surface area contributed by atoms with E-state index in [4.69, 9.17) is 4.98 Å². The van der Waals surface area contributed by atoms with Gasteiger partial charge in [-0.2, -0.15) is 0 Å². The number of para-hydroxylation sites is 2. The first-order valence-electron chi connectivity index (χ1n) is 21.5. The van der Waals surface area contributed by atoms with Crippen LogP contribution in [0, 0.1) is 6.92 Å². The van der Waals surface area contributed by atoms with Crippen LogP contribution in [0.15, 0.2) is 214 Å². The number of hydrogen-bond donors (Lipinski definition) is 0. The van der Waals surface area contributed by atoms with Crippen molar-refractivity contribution in [3.63, 3.8) is 0 Å². The van der Waals surface area contributed by atoms with Gasteiger partial charge in [0, 0.05) is 11.3 Å². The van der Waals surface area contributed by atoms with E-state index in [1.54, 1.807) is 0 Å². The van der Waals surface area contributed by atoms with Crippen molar-refractivity contribution in [3.8, 4) is 55.9 Å². The van der Waals surface area contributed by atoms with Crippen LogP contribution in [0.2, 0.25) is 0 Å². The molecule has 63 heavy (non-hydrogen) atoms. The number of nitrogens with zero attached hydrogens (tertiary/aromatic N) is 2. The zero-order valence-corrected chi connectivity index (χ0v) is 35.6. The zero-order valence-electron chi connectivity index (χ0n) is 35.6. The highest BCUT2D eigenvalue weighted by Gasteiger charge is 2.22. The number of allylic oxidation sites excluding steroid dienone is 5. The van der Waals surface area contributed by atoms with E-state index in [0.717, 1.165) is 72.3 Å². The van der Waals surface area contributed by atoms with Crippen molar-refractivity contribution in [3.05, 3.63) is 231 Å². The zero-order chi connectivity index (χ0) is 43.0. The van der Waals surface area contributed by atoms with Crippen LogP contribution >= 0.6 is 0 Å². The monoisotopic (exact) mass is 806 g/mol. The molecule has 0 N–H and O–H groups in total. The normalized spacial score (nSPS) is 11.9. The minimum Gasteiger partial charge on any atom is -0.292 e. The van der Waals surface area contributed by atoms with Crippen LogP contribution in [0.4, 0.5) is 0 Å². The van der Waals surface area contributed by atoms with Crippen molar-refractivity contribution < 1.29 is 0 Å². The van der Waals surface area contributed by atoms with E-state index < -0.39 is 0 Å². The molecule has 2 heteroatoms. The molecule has 9 aromatic carbocycles. The maximum Gasteiger partial charge on any atom is 0.145 e.